The summed E-state index contributed by atoms with van der Waals surface area (Å²) in [6.45, 7) is 4.25. The fourth-order valence-corrected chi connectivity index (χ4v) is 4.21. The van der Waals surface area contributed by atoms with E-state index in [9.17, 15) is 9.59 Å². The van der Waals surface area contributed by atoms with Crippen LogP contribution in [-0.4, -0.2) is 69.2 Å². The molecule has 0 radical (unpaired) electrons. The van der Waals surface area contributed by atoms with Crippen LogP contribution in [0.4, 0.5) is 0 Å². The molecule has 1 atom stereocenters. The third-order valence-corrected chi connectivity index (χ3v) is 5.88. The van der Waals surface area contributed by atoms with Crippen LogP contribution in [0.5, 0.6) is 0 Å². The van der Waals surface area contributed by atoms with Gasteiger partial charge in [-0.1, -0.05) is 5.16 Å². The summed E-state index contributed by atoms with van der Waals surface area (Å²) < 4.78 is 12.4. The summed E-state index contributed by atoms with van der Waals surface area (Å²) in [5.74, 6) is 0.966. The molecule has 1 saturated heterocycles. The zero-order valence-corrected chi connectivity index (χ0v) is 15.7. The third-order valence-electron chi connectivity index (χ3n) is 5.88. The van der Waals surface area contributed by atoms with E-state index < -0.39 is 0 Å². The second-order valence-corrected chi connectivity index (χ2v) is 7.63. The highest BCUT2D eigenvalue weighted by molar-refractivity contribution is 5.92. The highest BCUT2D eigenvalue weighted by atomic mass is 16.5. The van der Waals surface area contributed by atoms with Gasteiger partial charge < -0.3 is 23.6 Å². The minimum absolute atomic E-state index is 0.0102. The van der Waals surface area contributed by atoms with Gasteiger partial charge in [-0.15, -0.1) is 0 Å². The maximum atomic E-state index is 12.9. The molecule has 3 aliphatic rings. The Kier molecular flexibility index (Phi) is 4.38. The number of nitrogens with zero attached hydrogens (tertiary/aromatic N) is 5. The van der Waals surface area contributed by atoms with E-state index >= 15 is 0 Å². The number of hydrogen-bond acceptors (Lipinski definition) is 6. The smallest absolute Gasteiger partial charge is 0.274 e. The normalized spacial score (nSPS) is 21.9. The van der Waals surface area contributed by atoms with Gasteiger partial charge in [-0.2, -0.15) is 0 Å². The molecule has 9 nitrogen and oxygen atoms in total. The van der Waals surface area contributed by atoms with Gasteiger partial charge in [0.05, 0.1) is 24.8 Å². The molecule has 0 spiro atoms. The molecule has 2 amide bonds. The zero-order valence-electron chi connectivity index (χ0n) is 15.7. The molecule has 148 valence electrons. The molecular formula is C19H23N5O4. The van der Waals surface area contributed by atoms with Crippen LogP contribution in [0.15, 0.2) is 17.0 Å². The van der Waals surface area contributed by atoms with Crippen molar-refractivity contribution in [1.82, 2.24) is 24.5 Å². The van der Waals surface area contributed by atoms with Crippen LogP contribution in [0.3, 0.4) is 0 Å². The molecule has 3 aliphatic heterocycles. The van der Waals surface area contributed by atoms with Crippen molar-refractivity contribution in [3.63, 3.8) is 0 Å². The van der Waals surface area contributed by atoms with Crippen LogP contribution in [0, 0.1) is 5.92 Å². The van der Waals surface area contributed by atoms with Crippen LogP contribution in [0.25, 0.3) is 0 Å². The van der Waals surface area contributed by atoms with Crippen molar-refractivity contribution in [3.8, 4) is 0 Å². The van der Waals surface area contributed by atoms with Crippen molar-refractivity contribution in [3.05, 3.63) is 35.2 Å². The number of carbonyl (C=O) groups excluding carboxylic acids is 2. The van der Waals surface area contributed by atoms with Crippen LogP contribution in [-0.2, 0) is 35.5 Å². The van der Waals surface area contributed by atoms with Gasteiger partial charge in [0, 0.05) is 57.4 Å². The van der Waals surface area contributed by atoms with E-state index in [1.165, 1.54) is 0 Å². The highest BCUT2D eigenvalue weighted by Gasteiger charge is 2.30. The molecule has 0 aromatic carbocycles. The molecule has 28 heavy (non-hydrogen) atoms. The molecule has 2 aromatic heterocycles. The SMILES string of the molecule is O=C(c1cn2c(n1)CCN(C(=O)C1CCOC1)CC2)N1CCc2nocc2C1. The number of hydrogen-bond donors (Lipinski definition) is 0. The monoisotopic (exact) mass is 385 g/mol. The Hall–Kier alpha value is -2.68. The second kappa shape index (κ2) is 7.05. The molecule has 0 saturated carbocycles. The van der Waals surface area contributed by atoms with E-state index in [4.69, 9.17) is 9.26 Å². The lowest BCUT2D eigenvalue weighted by Crippen LogP contribution is -2.38. The number of imidazole rings is 1. The molecule has 1 unspecified atom stereocenters. The van der Waals surface area contributed by atoms with E-state index in [2.05, 4.69) is 10.1 Å². The highest BCUT2D eigenvalue weighted by Crippen LogP contribution is 2.21. The second-order valence-electron chi connectivity index (χ2n) is 7.63. The lowest BCUT2D eigenvalue weighted by atomic mass is 10.1. The first-order chi connectivity index (χ1) is 13.7. The predicted octanol–water partition coefficient (Wildman–Crippen LogP) is 0.491. The largest absolute Gasteiger partial charge is 0.381 e. The Morgan fingerprint density at radius 3 is 2.86 bits per heavy atom. The summed E-state index contributed by atoms with van der Waals surface area (Å²) in [4.78, 5) is 33.8. The Bertz CT molecular complexity index is 873. The average molecular weight is 385 g/mol. The van der Waals surface area contributed by atoms with E-state index in [0.29, 0.717) is 64.5 Å². The fourth-order valence-electron chi connectivity index (χ4n) is 4.21. The number of ether oxygens (including phenoxy) is 1. The Balaban J connectivity index is 1.26. The molecular weight excluding hydrogens is 362 g/mol. The van der Waals surface area contributed by atoms with Gasteiger partial charge >= 0.3 is 0 Å². The number of carbonyl (C=O) groups is 2. The van der Waals surface area contributed by atoms with Gasteiger partial charge in [0.2, 0.25) is 5.91 Å². The quantitative estimate of drug-likeness (QED) is 0.747. The summed E-state index contributed by atoms with van der Waals surface area (Å²) >= 11 is 0. The number of rotatable bonds is 2. The summed E-state index contributed by atoms with van der Waals surface area (Å²) in [5, 5.41) is 3.96. The van der Waals surface area contributed by atoms with Crippen LogP contribution in [0.1, 0.15) is 34.0 Å². The van der Waals surface area contributed by atoms with Crippen molar-refractivity contribution < 1.29 is 18.8 Å². The lowest BCUT2D eigenvalue weighted by Gasteiger charge is -2.25. The number of aromatic nitrogens is 3. The van der Waals surface area contributed by atoms with Gasteiger partial charge in [-0.3, -0.25) is 9.59 Å². The van der Waals surface area contributed by atoms with Gasteiger partial charge in [0.25, 0.3) is 5.91 Å². The molecule has 5 rings (SSSR count). The maximum absolute atomic E-state index is 12.9. The van der Waals surface area contributed by atoms with E-state index in [1.807, 2.05) is 15.7 Å². The van der Waals surface area contributed by atoms with Crippen molar-refractivity contribution in [1.29, 1.82) is 0 Å². The Morgan fingerprint density at radius 1 is 1.11 bits per heavy atom. The maximum Gasteiger partial charge on any atom is 0.274 e. The van der Waals surface area contributed by atoms with Crippen LogP contribution in [0.2, 0.25) is 0 Å². The van der Waals surface area contributed by atoms with Gasteiger partial charge in [0.1, 0.15) is 17.8 Å². The number of amides is 2. The molecule has 1 fully saturated rings. The topological polar surface area (TPSA) is 93.7 Å². The van der Waals surface area contributed by atoms with Crippen molar-refractivity contribution in [2.24, 2.45) is 5.92 Å². The molecule has 0 N–H and O–H groups in total. The third kappa shape index (κ3) is 3.09. The lowest BCUT2D eigenvalue weighted by molar-refractivity contribution is -0.135. The minimum Gasteiger partial charge on any atom is -0.381 e. The first-order valence-corrected chi connectivity index (χ1v) is 9.83. The standard InChI is InChI=1S/C19H23N5O4/c25-18(13-3-8-27-11-13)22-5-2-17-20-16(10-23(17)7-6-22)19(26)24-4-1-15-14(9-24)12-28-21-15/h10,12-13H,1-9,11H2. The molecule has 2 aromatic rings. The van der Waals surface area contributed by atoms with Crippen molar-refractivity contribution >= 4 is 11.8 Å². The van der Waals surface area contributed by atoms with E-state index in [0.717, 1.165) is 23.5 Å². The first kappa shape index (κ1) is 17.4. The van der Waals surface area contributed by atoms with Crippen molar-refractivity contribution in [2.45, 2.75) is 32.4 Å². The summed E-state index contributed by atoms with van der Waals surface area (Å²) in [6, 6.07) is 0. The van der Waals surface area contributed by atoms with Gasteiger partial charge in [0.15, 0.2) is 0 Å². The minimum atomic E-state index is -0.0662. The van der Waals surface area contributed by atoms with Crippen LogP contribution >= 0.6 is 0 Å². The molecule has 9 heteroatoms. The molecule has 0 aliphatic carbocycles. The average Bonchev–Trinajstić information content (AvgIpc) is 3.45. The predicted molar refractivity (Wildman–Crippen MR) is 96.4 cm³/mol. The number of fused-ring (bicyclic) bond motifs is 2. The Labute approximate surface area is 162 Å². The van der Waals surface area contributed by atoms with E-state index in [1.54, 1.807) is 11.2 Å². The fraction of sp³-hybridized carbons (Fsp3) is 0.579. The van der Waals surface area contributed by atoms with E-state index in [-0.39, 0.29) is 17.7 Å². The zero-order chi connectivity index (χ0) is 19.1. The molecule has 0 bridgehead atoms. The van der Waals surface area contributed by atoms with Gasteiger partial charge in [-0.25, -0.2) is 4.98 Å². The molecule has 5 heterocycles. The van der Waals surface area contributed by atoms with Crippen LogP contribution < -0.4 is 0 Å². The summed E-state index contributed by atoms with van der Waals surface area (Å²) in [6.07, 6.45) is 5.60. The first-order valence-electron chi connectivity index (χ1n) is 9.83. The van der Waals surface area contributed by atoms with Crippen molar-refractivity contribution in [2.75, 3.05) is 32.8 Å². The summed E-state index contributed by atoms with van der Waals surface area (Å²) in [5.41, 5.74) is 2.37. The Morgan fingerprint density at radius 2 is 2.00 bits per heavy atom. The summed E-state index contributed by atoms with van der Waals surface area (Å²) in [7, 11) is 0. The van der Waals surface area contributed by atoms with Gasteiger partial charge in [-0.05, 0) is 6.42 Å².